The van der Waals surface area contributed by atoms with E-state index in [1.54, 1.807) is 13.0 Å². The molecular formula is C14H16N4O4. The van der Waals surface area contributed by atoms with Gasteiger partial charge in [0.05, 0.1) is 11.3 Å². The maximum atomic E-state index is 11.9. The van der Waals surface area contributed by atoms with E-state index < -0.39 is 10.8 Å². The van der Waals surface area contributed by atoms with Crippen molar-refractivity contribution in [2.45, 2.75) is 13.3 Å². The fourth-order valence-corrected chi connectivity index (χ4v) is 1.55. The summed E-state index contributed by atoms with van der Waals surface area (Å²) in [5.74, 6) is -0.973. The van der Waals surface area contributed by atoms with E-state index in [1.807, 2.05) is 0 Å². The van der Waals surface area contributed by atoms with Crippen molar-refractivity contribution >= 4 is 23.2 Å². The molecule has 1 rings (SSSR count). The minimum atomic E-state index is -0.710. The number of amides is 2. The molecule has 1 aromatic carbocycles. The molecule has 0 spiro atoms. The van der Waals surface area contributed by atoms with Gasteiger partial charge in [-0.3, -0.25) is 19.7 Å². The monoisotopic (exact) mass is 304 g/mol. The fourth-order valence-electron chi connectivity index (χ4n) is 1.55. The van der Waals surface area contributed by atoms with E-state index >= 15 is 0 Å². The topological polar surface area (TPSA) is 114 Å². The number of hydrazone groups is 1. The third kappa shape index (κ3) is 5.16. The first kappa shape index (κ1) is 17.0. The second kappa shape index (κ2) is 8.30. The SMILES string of the molecule is C=CCNC(=O)C/C(C)=N/NC(=O)c1ccccc1[N+](=O)[O-]. The molecule has 0 fully saturated rings. The van der Waals surface area contributed by atoms with E-state index in [-0.39, 0.29) is 23.6 Å². The molecule has 0 aliphatic rings. The van der Waals surface area contributed by atoms with Crippen LogP contribution in [0.25, 0.3) is 0 Å². The molecule has 0 aliphatic carbocycles. The number of carbonyl (C=O) groups is 2. The molecule has 0 radical (unpaired) electrons. The van der Waals surface area contributed by atoms with Crippen LogP contribution in [-0.4, -0.2) is 29.0 Å². The summed E-state index contributed by atoms with van der Waals surface area (Å²) < 4.78 is 0. The summed E-state index contributed by atoms with van der Waals surface area (Å²) >= 11 is 0. The zero-order valence-corrected chi connectivity index (χ0v) is 12.0. The maximum Gasteiger partial charge on any atom is 0.282 e. The van der Waals surface area contributed by atoms with Crippen LogP contribution in [-0.2, 0) is 4.79 Å². The Morgan fingerprint density at radius 2 is 2.09 bits per heavy atom. The van der Waals surface area contributed by atoms with Crippen molar-refractivity contribution in [3.63, 3.8) is 0 Å². The molecule has 0 aromatic heterocycles. The Labute approximate surface area is 127 Å². The number of benzene rings is 1. The Balaban J connectivity index is 2.69. The number of nitro benzene ring substituents is 1. The first-order valence-corrected chi connectivity index (χ1v) is 6.40. The van der Waals surface area contributed by atoms with Crippen LogP contribution >= 0.6 is 0 Å². The smallest absolute Gasteiger partial charge is 0.282 e. The van der Waals surface area contributed by atoms with Crippen LogP contribution < -0.4 is 10.7 Å². The van der Waals surface area contributed by atoms with Gasteiger partial charge in [0.25, 0.3) is 11.6 Å². The molecule has 2 amide bonds. The highest BCUT2D eigenvalue weighted by atomic mass is 16.6. The highest BCUT2D eigenvalue weighted by Crippen LogP contribution is 2.17. The largest absolute Gasteiger partial charge is 0.352 e. The van der Waals surface area contributed by atoms with Crippen LogP contribution in [0, 0.1) is 10.1 Å². The number of nitrogens with one attached hydrogen (secondary N) is 2. The lowest BCUT2D eigenvalue weighted by atomic mass is 10.2. The predicted octanol–water partition coefficient (Wildman–Crippen LogP) is 1.39. The van der Waals surface area contributed by atoms with Crippen molar-refractivity contribution < 1.29 is 14.5 Å². The third-order valence-electron chi connectivity index (χ3n) is 2.55. The summed E-state index contributed by atoms with van der Waals surface area (Å²) in [4.78, 5) is 33.5. The van der Waals surface area contributed by atoms with Crippen molar-refractivity contribution in [1.82, 2.24) is 10.7 Å². The summed E-state index contributed by atoms with van der Waals surface area (Å²) in [6.45, 7) is 5.37. The fraction of sp³-hybridized carbons (Fsp3) is 0.214. The highest BCUT2D eigenvalue weighted by Gasteiger charge is 2.18. The van der Waals surface area contributed by atoms with Gasteiger partial charge >= 0.3 is 0 Å². The number of nitro groups is 1. The number of carbonyl (C=O) groups excluding carboxylic acids is 2. The second-order valence-electron chi connectivity index (χ2n) is 4.33. The Morgan fingerprint density at radius 3 is 2.73 bits per heavy atom. The van der Waals surface area contributed by atoms with Crippen LogP contribution in [0.1, 0.15) is 23.7 Å². The van der Waals surface area contributed by atoms with Gasteiger partial charge in [-0.15, -0.1) is 6.58 Å². The lowest BCUT2D eigenvalue weighted by Crippen LogP contribution is -2.26. The zero-order valence-electron chi connectivity index (χ0n) is 12.0. The minimum Gasteiger partial charge on any atom is -0.352 e. The first-order valence-electron chi connectivity index (χ1n) is 6.40. The van der Waals surface area contributed by atoms with Crippen molar-refractivity contribution in [3.05, 3.63) is 52.6 Å². The quantitative estimate of drug-likeness (QED) is 0.343. The van der Waals surface area contributed by atoms with Crippen molar-refractivity contribution in [2.24, 2.45) is 5.10 Å². The Morgan fingerprint density at radius 1 is 1.41 bits per heavy atom. The zero-order chi connectivity index (χ0) is 16.5. The number of hydrogen-bond acceptors (Lipinski definition) is 5. The molecule has 2 N–H and O–H groups in total. The van der Waals surface area contributed by atoms with E-state index in [0.717, 1.165) is 0 Å². The summed E-state index contributed by atoms with van der Waals surface area (Å²) in [7, 11) is 0. The third-order valence-corrected chi connectivity index (χ3v) is 2.55. The van der Waals surface area contributed by atoms with E-state index in [1.165, 1.54) is 24.3 Å². The van der Waals surface area contributed by atoms with Gasteiger partial charge in [-0.2, -0.15) is 5.10 Å². The lowest BCUT2D eigenvalue weighted by Gasteiger charge is -2.04. The first-order chi connectivity index (χ1) is 10.5. The standard InChI is InChI=1S/C14H16N4O4/c1-3-8-15-13(19)9-10(2)16-17-14(20)11-6-4-5-7-12(11)18(21)22/h3-7H,1,8-9H2,2H3,(H,15,19)(H,17,20)/b16-10+. The molecule has 8 nitrogen and oxygen atoms in total. The number of hydrogen-bond donors (Lipinski definition) is 2. The molecule has 0 unspecified atom stereocenters. The van der Waals surface area contributed by atoms with Crippen LogP contribution in [0.5, 0.6) is 0 Å². The molecule has 22 heavy (non-hydrogen) atoms. The minimum absolute atomic E-state index is 0.00496. The van der Waals surface area contributed by atoms with Gasteiger partial charge in [-0.25, -0.2) is 5.43 Å². The molecule has 0 aliphatic heterocycles. The van der Waals surface area contributed by atoms with Crippen LogP contribution in [0.3, 0.4) is 0 Å². The highest BCUT2D eigenvalue weighted by molar-refractivity contribution is 6.02. The molecular weight excluding hydrogens is 288 g/mol. The normalized spacial score (nSPS) is 10.7. The van der Waals surface area contributed by atoms with E-state index in [4.69, 9.17) is 0 Å². The summed E-state index contributed by atoms with van der Waals surface area (Å²) in [6, 6.07) is 5.54. The number of para-hydroxylation sites is 1. The van der Waals surface area contributed by atoms with E-state index in [0.29, 0.717) is 12.3 Å². The Bertz CT molecular complexity index is 625. The van der Waals surface area contributed by atoms with Crippen LogP contribution in [0.15, 0.2) is 42.0 Å². The summed E-state index contributed by atoms with van der Waals surface area (Å²) in [6.07, 6.45) is 1.55. The lowest BCUT2D eigenvalue weighted by molar-refractivity contribution is -0.385. The van der Waals surface area contributed by atoms with Crippen molar-refractivity contribution in [1.29, 1.82) is 0 Å². The van der Waals surface area contributed by atoms with Gasteiger partial charge in [-0.1, -0.05) is 18.2 Å². The van der Waals surface area contributed by atoms with Gasteiger partial charge in [0, 0.05) is 18.3 Å². The molecule has 0 heterocycles. The van der Waals surface area contributed by atoms with E-state index in [9.17, 15) is 19.7 Å². The van der Waals surface area contributed by atoms with Crippen molar-refractivity contribution in [3.8, 4) is 0 Å². The van der Waals surface area contributed by atoms with Gasteiger partial charge in [-0.05, 0) is 13.0 Å². The van der Waals surface area contributed by atoms with Crippen molar-refractivity contribution in [2.75, 3.05) is 6.54 Å². The molecule has 1 aromatic rings. The molecule has 0 bridgehead atoms. The predicted molar refractivity (Wildman–Crippen MR) is 81.5 cm³/mol. The molecule has 0 saturated heterocycles. The molecule has 8 heteroatoms. The molecule has 0 atom stereocenters. The number of rotatable bonds is 7. The van der Waals surface area contributed by atoms with Gasteiger partial charge < -0.3 is 5.32 Å². The maximum absolute atomic E-state index is 11.9. The number of nitrogens with zero attached hydrogens (tertiary/aromatic N) is 2. The van der Waals surface area contributed by atoms with Crippen LogP contribution in [0.2, 0.25) is 0 Å². The molecule has 0 saturated carbocycles. The van der Waals surface area contributed by atoms with Gasteiger partial charge in [0.2, 0.25) is 5.91 Å². The Kier molecular flexibility index (Phi) is 6.42. The van der Waals surface area contributed by atoms with Crippen LogP contribution in [0.4, 0.5) is 5.69 Å². The average Bonchev–Trinajstić information content (AvgIpc) is 2.50. The molecule has 116 valence electrons. The van der Waals surface area contributed by atoms with Gasteiger partial charge in [0.15, 0.2) is 0 Å². The Hall–Kier alpha value is -3.03. The summed E-state index contributed by atoms with van der Waals surface area (Å²) in [5, 5.41) is 17.2. The van der Waals surface area contributed by atoms with E-state index in [2.05, 4.69) is 22.4 Å². The second-order valence-corrected chi connectivity index (χ2v) is 4.33. The average molecular weight is 304 g/mol. The van der Waals surface area contributed by atoms with Gasteiger partial charge in [0.1, 0.15) is 5.56 Å². The summed E-state index contributed by atoms with van der Waals surface area (Å²) in [5.41, 5.74) is 2.16.